The molecule has 7 heteroatoms. The van der Waals surface area contributed by atoms with E-state index in [9.17, 15) is 18.0 Å². The van der Waals surface area contributed by atoms with E-state index < -0.39 is 11.7 Å². The molecule has 0 bridgehead atoms. The third-order valence-electron chi connectivity index (χ3n) is 2.67. The van der Waals surface area contributed by atoms with Crippen LogP contribution in [0.1, 0.15) is 15.9 Å². The molecular weight excluding hydrogens is 273 g/mol. The van der Waals surface area contributed by atoms with Gasteiger partial charge in [-0.25, -0.2) is 0 Å². The Kier molecular flexibility index (Phi) is 3.78. The summed E-state index contributed by atoms with van der Waals surface area (Å²) < 4.78 is 43.3. The van der Waals surface area contributed by atoms with Gasteiger partial charge in [-0.3, -0.25) is 9.48 Å². The highest BCUT2D eigenvalue weighted by atomic mass is 19.4. The minimum Gasteiger partial charge on any atom is -0.496 e. The summed E-state index contributed by atoms with van der Waals surface area (Å²) in [5.41, 5.74) is -0.579. The fourth-order valence-electron chi connectivity index (χ4n) is 1.70. The van der Waals surface area contributed by atoms with Gasteiger partial charge in [0, 0.05) is 6.20 Å². The second kappa shape index (κ2) is 5.36. The van der Waals surface area contributed by atoms with Crippen LogP contribution in [0.2, 0.25) is 0 Å². The molecule has 0 atom stereocenters. The molecule has 0 aliphatic rings. The number of halogens is 3. The Morgan fingerprint density at radius 2 is 2.05 bits per heavy atom. The molecule has 0 unspecified atom stereocenters. The highest BCUT2D eigenvalue weighted by Crippen LogP contribution is 2.28. The molecule has 0 saturated carbocycles. The molecule has 0 N–H and O–H groups in total. The van der Waals surface area contributed by atoms with Gasteiger partial charge in [0.05, 0.1) is 24.4 Å². The number of para-hydroxylation sites is 1. The molecule has 106 valence electrons. The molecule has 0 aliphatic carbocycles. The van der Waals surface area contributed by atoms with Crippen molar-refractivity contribution in [3.05, 3.63) is 47.8 Å². The van der Waals surface area contributed by atoms with Crippen LogP contribution in [-0.2, 0) is 12.7 Å². The molecule has 2 aromatic rings. The van der Waals surface area contributed by atoms with Gasteiger partial charge in [-0.15, -0.1) is 0 Å². The molecule has 0 saturated heterocycles. The van der Waals surface area contributed by atoms with Gasteiger partial charge in [0.1, 0.15) is 12.3 Å². The Labute approximate surface area is 112 Å². The standard InChI is InChI=1S/C13H11F3N2O2/c1-20-12-5-3-2-4-10(12)11(19)8-18-7-9(6-17-18)13(14,15)16/h2-7H,8H2,1H3. The number of carbonyl (C=O) groups excluding carboxylic acids is 1. The van der Waals surface area contributed by atoms with Crippen LogP contribution in [0, 0.1) is 0 Å². The largest absolute Gasteiger partial charge is 0.496 e. The van der Waals surface area contributed by atoms with Crippen molar-refractivity contribution in [2.24, 2.45) is 0 Å². The van der Waals surface area contributed by atoms with Crippen LogP contribution >= 0.6 is 0 Å². The minimum atomic E-state index is -4.47. The second-order valence-corrected chi connectivity index (χ2v) is 4.05. The smallest absolute Gasteiger partial charge is 0.419 e. The zero-order valence-electron chi connectivity index (χ0n) is 10.5. The topological polar surface area (TPSA) is 44.1 Å². The van der Waals surface area contributed by atoms with E-state index in [-0.39, 0.29) is 12.3 Å². The van der Waals surface area contributed by atoms with E-state index in [1.165, 1.54) is 7.11 Å². The third-order valence-corrected chi connectivity index (χ3v) is 2.67. The van der Waals surface area contributed by atoms with Gasteiger partial charge in [0.15, 0.2) is 5.78 Å². The van der Waals surface area contributed by atoms with Crippen molar-refractivity contribution in [3.63, 3.8) is 0 Å². The van der Waals surface area contributed by atoms with Gasteiger partial charge in [0.25, 0.3) is 0 Å². The summed E-state index contributed by atoms with van der Waals surface area (Å²) in [5, 5.41) is 3.54. The zero-order chi connectivity index (χ0) is 14.8. The maximum atomic E-state index is 12.4. The number of hydrogen-bond donors (Lipinski definition) is 0. The number of ether oxygens (including phenoxy) is 1. The van der Waals surface area contributed by atoms with Crippen molar-refractivity contribution in [1.29, 1.82) is 0 Å². The van der Waals surface area contributed by atoms with Gasteiger partial charge in [0.2, 0.25) is 0 Å². The molecule has 0 amide bonds. The van der Waals surface area contributed by atoms with Gasteiger partial charge in [-0.1, -0.05) is 12.1 Å². The first-order valence-electron chi connectivity index (χ1n) is 5.67. The van der Waals surface area contributed by atoms with E-state index in [1.54, 1.807) is 24.3 Å². The number of nitrogens with zero attached hydrogens (tertiary/aromatic N) is 2. The molecule has 0 fully saturated rings. The number of ketones is 1. The van der Waals surface area contributed by atoms with Crippen molar-refractivity contribution in [1.82, 2.24) is 9.78 Å². The monoisotopic (exact) mass is 284 g/mol. The summed E-state index contributed by atoms with van der Waals surface area (Å²) in [6.07, 6.45) is -2.98. The summed E-state index contributed by atoms with van der Waals surface area (Å²) in [7, 11) is 1.42. The van der Waals surface area contributed by atoms with Crippen LogP contribution in [0.4, 0.5) is 13.2 Å². The number of rotatable bonds is 4. The molecule has 1 heterocycles. The average molecular weight is 284 g/mol. The molecule has 0 aliphatic heterocycles. The van der Waals surface area contributed by atoms with Crippen molar-refractivity contribution in [2.75, 3.05) is 7.11 Å². The Hall–Kier alpha value is -2.31. The first-order valence-corrected chi connectivity index (χ1v) is 5.67. The number of alkyl halides is 3. The number of hydrogen-bond acceptors (Lipinski definition) is 3. The fourth-order valence-corrected chi connectivity index (χ4v) is 1.70. The summed E-state index contributed by atoms with van der Waals surface area (Å²) >= 11 is 0. The first kappa shape index (κ1) is 14.1. The molecule has 20 heavy (non-hydrogen) atoms. The molecule has 0 spiro atoms. The van der Waals surface area contributed by atoms with Crippen molar-refractivity contribution >= 4 is 5.78 Å². The number of Topliss-reactive ketones (excluding diaryl/α,β-unsaturated/α-hetero) is 1. The molecule has 1 aromatic carbocycles. The van der Waals surface area contributed by atoms with Crippen molar-refractivity contribution < 1.29 is 22.7 Å². The Morgan fingerprint density at radius 1 is 1.35 bits per heavy atom. The normalized spacial score (nSPS) is 11.4. The quantitative estimate of drug-likeness (QED) is 0.811. The predicted molar refractivity (Wildman–Crippen MR) is 64.6 cm³/mol. The van der Waals surface area contributed by atoms with E-state index in [4.69, 9.17) is 4.74 Å². The SMILES string of the molecule is COc1ccccc1C(=O)Cn1cc(C(F)(F)F)cn1. The number of aromatic nitrogens is 2. The van der Waals surface area contributed by atoms with Gasteiger partial charge in [-0.05, 0) is 12.1 Å². The maximum Gasteiger partial charge on any atom is 0.419 e. The average Bonchev–Trinajstić information content (AvgIpc) is 2.87. The van der Waals surface area contributed by atoms with Crippen LogP contribution in [0.25, 0.3) is 0 Å². The van der Waals surface area contributed by atoms with Crippen LogP contribution in [0.5, 0.6) is 5.75 Å². The fraction of sp³-hybridized carbons (Fsp3) is 0.231. The van der Waals surface area contributed by atoms with Crippen LogP contribution in [-0.4, -0.2) is 22.7 Å². The first-order chi connectivity index (χ1) is 9.41. The predicted octanol–water partition coefficient (Wildman–Crippen LogP) is 2.79. The van der Waals surface area contributed by atoms with Gasteiger partial charge in [-0.2, -0.15) is 18.3 Å². The van der Waals surface area contributed by atoms with E-state index in [0.29, 0.717) is 17.5 Å². The second-order valence-electron chi connectivity index (χ2n) is 4.05. The molecular formula is C13H11F3N2O2. The lowest BCUT2D eigenvalue weighted by Gasteiger charge is -2.07. The molecule has 2 rings (SSSR count). The van der Waals surface area contributed by atoms with E-state index in [0.717, 1.165) is 10.9 Å². The number of carbonyl (C=O) groups is 1. The summed E-state index contributed by atoms with van der Waals surface area (Å²) in [6, 6.07) is 6.51. The van der Waals surface area contributed by atoms with Gasteiger partial charge >= 0.3 is 6.18 Å². The Morgan fingerprint density at radius 3 is 2.65 bits per heavy atom. The Bertz CT molecular complexity index is 620. The molecule has 4 nitrogen and oxygen atoms in total. The van der Waals surface area contributed by atoms with Crippen molar-refractivity contribution in [2.45, 2.75) is 12.7 Å². The maximum absolute atomic E-state index is 12.4. The lowest BCUT2D eigenvalue weighted by atomic mass is 10.1. The highest BCUT2D eigenvalue weighted by molar-refractivity contribution is 5.98. The highest BCUT2D eigenvalue weighted by Gasteiger charge is 2.32. The lowest BCUT2D eigenvalue weighted by Crippen LogP contribution is -2.12. The Balaban J connectivity index is 2.18. The van der Waals surface area contributed by atoms with E-state index in [2.05, 4.69) is 5.10 Å². The summed E-state index contributed by atoms with van der Waals surface area (Å²) in [5.74, 6) is -0.0000227. The van der Waals surface area contributed by atoms with Gasteiger partial charge < -0.3 is 4.74 Å². The van der Waals surface area contributed by atoms with E-state index in [1.807, 2.05) is 0 Å². The molecule has 0 radical (unpaired) electrons. The molecule has 1 aromatic heterocycles. The number of methoxy groups -OCH3 is 1. The van der Waals surface area contributed by atoms with Crippen LogP contribution in [0.3, 0.4) is 0 Å². The lowest BCUT2D eigenvalue weighted by molar-refractivity contribution is -0.137. The summed E-state index contributed by atoms with van der Waals surface area (Å²) in [6.45, 7) is -0.281. The van der Waals surface area contributed by atoms with Crippen LogP contribution in [0.15, 0.2) is 36.7 Å². The minimum absolute atomic E-state index is 0.281. The third kappa shape index (κ3) is 2.98. The van der Waals surface area contributed by atoms with Crippen LogP contribution < -0.4 is 4.74 Å². The van der Waals surface area contributed by atoms with Crippen molar-refractivity contribution in [3.8, 4) is 5.75 Å². The summed E-state index contributed by atoms with van der Waals surface area (Å²) in [4.78, 5) is 12.0. The zero-order valence-corrected chi connectivity index (χ0v) is 10.5. The van der Waals surface area contributed by atoms with E-state index >= 15 is 0 Å². The number of benzene rings is 1.